The van der Waals surface area contributed by atoms with Gasteiger partial charge in [-0.1, -0.05) is 59.7 Å². The maximum atomic E-state index is 12.8. The van der Waals surface area contributed by atoms with Crippen molar-refractivity contribution in [1.29, 1.82) is 0 Å². The van der Waals surface area contributed by atoms with Crippen molar-refractivity contribution in [3.63, 3.8) is 0 Å². The molecule has 0 aliphatic carbocycles. The molecule has 33 heavy (non-hydrogen) atoms. The largest absolute Gasteiger partial charge is 0.403 e. The molecule has 2 amide bonds. The molecular weight excluding hydrogens is 416 g/mol. The number of carbonyl (C=O) groups excluding carboxylic acids is 2. The van der Waals surface area contributed by atoms with E-state index in [-0.39, 0.29) is 11.9 Å². The summed E-state index contributed by atoms with van der Waals surface area (Å²) in [6.45, 7) is 0. The molecule has 5 aromatic rings. The SMILES string of the molecule is O=C(Nc1nnc(-c2ccccc2)o1)c1ccc(NC(=O)c2cccc3ccccc23)cc1. The Morgan fingerprint density at radius 1 is 0.667 bits per heavy atom. The van der Waals surface area contributed by atoms with Crippen molar-refractivity contribution in [2.75, 3.05) is 10.6 Å². The van der Waals surface area contributed by atoms with Crippen LogP contribution in [0.15, 0.2) is 101 Å². The quantitative estimate of drug-likeness (QED) is 0.386. The number of aromatic nitrogens is 2. The van der Waals surface area contributed by atoms with Crippen molar-refractivity contribution >= 4 is 34.3 Å². The highest BCUT2D eigenvalue weighted by atomic mass is 16.4. The second-order valence-corrected chi connectivity index (χ2v) is 7.29. The fraction of sp³-hybridized carbons (Fsp3) is 0. The zero-order chi connectivity index (χ0) is 22.6. The molecule has 7 nitrogen and oxygen atoms in total. The van der Waals surface area contributed by atoms with Crippen molar-refractivity contribution in [2.45, 2.75) is 0 Å². The summed E-state index contributed by atoms with van der Waals surface area (Å²) in [6, 6.07) is 29.2. The molecule has 160 valence electrons. The predicted octanol–water partition coefficient (Wildman–Crippen LogP) is 5.39. The van der Waals surface area contributed by atoms with Crippen LogP contribution in [0.5, 0.6) is 0 Å². The summed E-state index contributed by atoms with van der Waals surface area (Å²) < 4.78 is 5.51. The highest BCUT2D eigenvalue weighted by Gasteiger charge is 2.14. The van der Waals surface area contributed by atoms with Gasteiger partial charge in [-0.3, -0.25) is 14.9 Å². The Hall–Kier alpha value is -4.78. The molecule has 5 rings (SSSR count). The van der Waals surface area contributed by atoms with Gasteiger partial charge in [0.15, 0.2) is 0 Å². The maximum Gasteiger partial charge on any atom is 0.322 e. The van der Waals surface area contributed by atoms with Gasteiger partial charge in [0.2, 0.25) is 5.89 Å². The van der Waals surface area contributed by atoms with Crippen molar-refractivity contribution in [2.24, 2.45) is 0 Å². The van der Waals surface area contributed by atoms with Gasteiger partial charge in [0.1, 0.15) is 0 Å². The molecule has 7 heteroatoms. The van der Waals surface area contributed by atoms with Gasteiger partial charge < -0.3 is 9.73 Å². The number of nitrogens with zero attached hydrogens (tertiary/aromatic N) is 2. The summed E-state index contributed by atoms with van der Waals surface area (Å²) in [5.74, 6) is -0.300. The second-order valence-electron chi connectivity index (χ2n) is 7.29. The number of anilines is 2. The van der Waals surface area contributed by atoms with Crippen LogP contribution in [0.3, 0.4) is 0 Å². The zero-order valence-electron chi connectivity index (χ0n) is 17.4. The van der Waals surface area contributed by atoms with Crippen LogP contribution in [0.1, 0.15) is 20.7 Å². The lowest BCUT2D eigenvalue weighted by atomic mass is 10.0. The number of carbonyl (C=O) groups is 2. The third-order valence-electron chi connectivity index (χ3n) is 5.11. The molecule has 0 saturated carbocycles. The maximum absolute atomic E-state index is 12.8. The van der Waals surface area contributed by atoms with E-state index in [1.54, 1.807) is 30.3 Å². The number of benzene rings is 4. The van der Waals surface area contributed by atoms with E-state index < -0.39 is 5.91 Å². The number of fused-ring (bicyclic) bond motifs is 1. The van der Waals surface area contributed by atoms with E-state index in [1.807, 2.05) is 66.7 Å². The van der Waals surface area contributed by atoms with E-state index in [0.29, 0.717) is 22.7 Å². The van der Waals surface area contributed by atoms with Crippen LogP contribution in [-0.2, 0) is 0 Å². The fourth-order valence-corrected chi connectivity index (χ4v) is 3.47. The highest BCUT2D eigenvalue weighted by molar-refractivity contribution is 6.13. The van der Waals surface area contributed by atoms with Crippen LogP contribution in [0, 0.1) is 0 Å². The number of hydrogen-bond acceptors (Lipinski definition) is 5. The summed E-state index contributed by atoms with van der Waals surface area (Å²) in [4.78, 5) is 25.3. The van der Waals surface area contributed by atoms with Gasteiger partial charge in [-0.25, -0.2) is 0 Å². The van der Waals surface area contributed by atoms with Gasteiger partial charge in [0, 0.05) is 22.4 Å². The first kappa shape index (κ1) is 20.1. The lowest BCUT2D eigenvalue weighted by molar-refractivity contribution is 0.101. The molecule has 0 aliphatic rings. The second kappa shape index (κ2) is 8.76. The van der Waals surface area contributed by atoms with Gasteiger partial charge >= 0.3 is 6.01 Å². The lowest BCUT2D eigenvalue weighted by Crippen LogP contribution is -2.14. The van der Waals surface area contributed by atoms with Crippen molar-refractivity contribution in [3.8, 4) is 11.5 Å². The van der Waals surface area contributed by atoms with E-state index in [0.717, 1.165) is 16.3 Å². The molecule has 1 heterocycles. The smallest absolute Gasteiger partial charge is 0.322 e. The zero-order valence-corrected chi connectivity index (χ0v) is 17.4. The Labute approximate surface area is 189 Å². The summed E-state index contributed by atoms with van der Waals surface area (Å²) in [6.07, 6.45) is 0. The average Bonchev–Trinajstić information content (AvgIpc) is 3.33. The van der Waals surface area contributed by atoms with Gasteiger partial charge in [0.05, 0.1) is 0 Å². The molecule has 0 fully saturated rings. The molecule has 0 unspecified atom stereocenters. The van der Waals surface area contributed by atoms with Gasteiger partial charge in [-0.15, -0.1) is 5.10 Å². The van der Waals surface area contributed by atoms with E-state index >= 15 is 0 Å². The Bertz CT molecular complexity index is 1440. The molecule has 4 aromatic carbocycles. The summed E-state index contributed by atoms with van der Waals surface area (Å²) in [5, 5.41) is 15.2. The number of hydrogen-bond donors (Lipinski definition) is 2. The summed E-state index contributed by atoms with van der Waals surface area (Å²) in [5.41, 5.74) is 2.31. The topological polar surface area (TPSA) is 97.1 Å². The summed E-state index contributed by atoms with van der Waals surface area (Å²) in [7, 11) is 0. The normalized spacial score (nSPS) is 10.7. The number of rotatable bonds is 5. The van der Waals surface area contributed by atoms with Crippen LogP contribution in [0.25, 0.3) is 22.2 Å². The molecule has 0 spiro atoms. The van der Waals surface area contributed by atoms with Crippen LogP contribution in [-0.4, -0.2) is 22.0 Å². The number of amides is 2. The van der Waals surface area contributed by atoms with Gasteiger partial charge in [-0.05, 0) is 53.2 Å². The van der Waals surface area contributed by atoms with Crippen molar-refractivity contribution in [1.82, 2.24) is 10.2 Å². The Kier molecular flexibility index (Phi) is 5.35. The Balaban J connectivity index is 1.26. The Morgan fingerprint density at radius 2 is 1.39 bits per heavy atom. The minimum Gasteiger partial charge on any atom is -0.403 e. The Morgan fingerprint density at radius 3 is 2.21 bits per heavy atom. The minimum atomic E-state index is -0.398. The summed E-state index contributed by atoms with van der Waals surface area (Å²) >= 11 is 0. The predicted molar refractivity (Wildman–Crippen MR) is 126 cm³/mol. The first-order chi connectivity index (χ1) is 16.2. The third kappa shape index (κ3) is 4.33. The van der Waals surface area contributed by atoms with Crippen LogP contribution in [0.4, 0.5) is 11.7 Å². The average molecular weight is 434 g/mol. The molecule has 0 bridgehead atoms. The minimum absolute atomic E-state index is 0.00666. The molecule has 0 aliphatic heterocycles. The third-order valence-corrected chi connectivity index (χ3v) is 5.11. The van der Waals surface area contributed by atoms with Crippen LogP contribution in [0.2, 0.25) is 0 Å². The molecule has 0 saturated heterocycles. The van der Waals surface area contributed by atoms with Gasteiger partial charge in [-0.2, -0.15) is 0 Å². The van der Waals surface area contributed by atoms with Crippen LogP contribution >= 0.6 is 0 Å². The molecular formula is C26H18N4O3. The standard InChI is InChI=1S/C26H18N4O3/c31-23(28-26-30-29-25(33-26)19-8-2-1-3-9-19)18-13-15-20(16-14-18)27-24(32)22-12-6-10-17-7-4-5-11-21(17)22/h1-16H,(H,27,32)(H,28,30,31). The van der Waals surface area contributed by atoms with Crippen LogP contribution < -0.4 is 10.6 Å². The first-order valence-electron chi connectivity index (χ1n) is 10.3. The molecule has 0 radical (unpaired) electrons. The van der Waals surface area contributed by atoms with Crippen molar-refractivity contribution in [3.05, 3.63) is 108 Å². The van der Waals surface area contributed by atoms with E-state index in [1.165, 1.54) is 0 Å². The van der Waals surface area contributed by atoms with E-state index in [4.69, 9.17) is 4.42 Å². The molecule has 1 aromatic heterocycles. The number of nitrogens with one attached hydrogen (secondary N) is 2. The van der Waals surface area contributed by atoms with Crippen molar-refractivity contribution < 1.29 is 14.0 Å². The fourth-order valence-electron chi connectivity index (χ4n) is 3.47. The lowest BCUT2D eigenvalue weighted by Gasteiger charge is -2.09. The molecule has 2 N–H and O–H groups in total. The first-order valence-corrected chi connectivity index (χ1v) is 10.3. The van der Waals surface area contributed by atoms with Gasteiger partial charge in [0.25, 0.3) is 11.8 Å². The molecule has 0 atom stereocenters. The van der Waals surface area contributed by atoms with E-state index in [9.17, 15) is 9.59 Å². The van der Waals surface area contributed by atoms with E-state index in [2.05, 4.69) is 20.8 Å². The monoisotopic (exact) mass is 434 g/mol. The highest BCUT2D eigenvalue weighted by Crippen LogP contribution is 2.21.